The topological polar surface area (TPSA) is 123 Å². The summed E-state index contributed by atoms with van der Waals surface area (Å²) >= 11 is 0. The fourth-order valence-electron chi connectivity index (χ4n) is 6.41. The number of para-hydroxylation sites is 2. The van der Waals surface area contributed by atoms with Crippen molar-refractivity contribution in [2.75, 3.05) is 16.1 Å². The molecule has 0 amide bonds. The minimum absolute atomic E-state index is 0.139. The van der Waals surface area contributed by atoms with Crippen LogP contribution in [0.1, 0.15) is 25.0 Å². The number of anilines is 2. The molecule has 0 aliphatic carbocycles. The Morgan fingerprint density at radius 1 is 0.614 bits per heavy atom. The molecule has 4 aromatic carbocycles. The van der Waals surface area contributed by atoms with Gasteiger partial charge in [0.1, 0.15) is 29.9 Å². The van der Waals surface area contributed by atoms with Crippen LogP contribution < -0.4 is 9.44 Å². The Hall–Kier alpha value is -3.78. The van der Waals surface area contributed by atoms with Gasteiger partial charge in [-0.2, -0.15) is 0 Å². The lowest BCUT2D eigenvalue weighted by Gasteiger charge is -2.34. The normalized spacial score (nSPS) is 28.1. The van der Waals surface area contributed by atoms with Crippen LogP contribution in [0.25, 0.3) is 0 Å². The average molecular weight is 634 g/mol. The van der Waals surface area contributed by atoms with Gasteiger partial charge in [0.05, 0.1) is 27.8 Å². The third-order valence-electron chi connectivity index (χ3n) is 8.47. The molecule has 3 heterocycles. The maximum absolute atomic E-state index is 13.3. The number of hydrogen-bond donors (Lipinski definition) is 2. The SMILES string of the molecule is C[C@@]1(c2ccccc2NS(=O)(=O)c2ccccc2)O[C@H]2CO[C@@H]3N2[C@H]1O[C@@]3(C)c1ccccc1NS(=O)(=O)c1ccccc1. The van der Waals surface area contributed by atoms with Crippen molar-refractivity contribution in [2.24, 2.45) is 0 Å². The third-order valence-corrected chi connectivity index (χ3v) is 11.2. The van der Waals surface area contributed by atoms with Gasteiger partial charge in [-0.05, 0) is 50.2 Å². The molecule has 0 saturated carbocycles. The standard InChI is InChI=1S/C32H31N3O7S2/c1-31(24-17-9-11-19-26(24)33-43(36,37)22-13-5-3-6-14-22)29-35-28(21-40-29)41-32(2,30(35)42-31)25-18-10-12-20-27(25)34-44(38,39)23-15-7-4-8-16-23/h3-20,28-30,33-34H,21H2,1-2H3/t28-,29-,30-,31-,32-/m0/s1. The van der Waals surface area contributed by atoms with Crippen LogP contribution in [0.15, 0.2) is 119 Å². The van der Waals surface area contributed by atoms with E-state index in [2.05, 4.69) is 9.44 Å². The molecule has 3 saturated heterocycles. The van der Waals surface area contributed by atoms with Gasteiger partial charge in [-0.3, -0.25) is 9.44 Å². The van der Waals surface area contributed by atoms with Crippen molar-refractivity contribution in [3.63, 3.8) is 0 Å². The van der Waals surface area contributed by atoms with Crippen LogP contribution in [0.4, 0.5) is 11.4 Å². The summed E-state index contributed by atoms with van der Waals surface area (Å²) in [5, 5.41) is 0. The van der Waals surface area contributed by atoms with Crippen molar-refractivity contribution in [1.29, 1.82) is 0 Å². The first kappa shape index (κ1) is 29.0. The van der Waals surface area contributed by atoms with Crippen molar-refractivity contribution < 1.29 is 31.0 Å². The molecule has 228 valence electrons. The second-order valence-electron chi connectivity index (χ2n) is 11.3. The fourth-order valence-corrected chi connectivity index (χ4v) is 8.61. The van der Waals surface area contributed by atoms with E-state index in [4.69, 9.17) is 14.2 Å². The minimum atomic E-state index is -3.89. The van der Waals surface area contributed by atoms with Crippen LogP contribution in [0.5, 0.6) is 0 Å². The monoisotopic (exact) mass is 633 g/mol. The first-order chi connectivity index (χ1) is 21.0. The summed E-state index contributed by atoms with van der Waals surface area (Å²) in [5.41, 5.74) is -0.298. The third kappa shape index (κ3) is 4.61. The summed E-state index contributed by atoms with van der Waals surface area (Å²) in [4.78, 5) is 2.28. The Bertz CT molecular complexity index is 1810. The first-order valence-electron chi connectivity index (χ1n) is 14.1. The molecule has 3 fully saturated rings. The highest BCUT2D eigenvalue weighted by atomic mass is 32.2. The van der Waals surface area contributed by atoms with Gasteiger partial charge in [-0.1, -0.05) is 72.8 Å². The molecule has 10 nitrogen and oxygen atoms in total. The summed E-state index contributed by atoms with van der Waals surface area (Å²) in [5.74, 6) is 0. The molecule has 0 radical (unpaired) electrons. The summed E-state index contributed by atoms with van der Waals surface area (Å²) < 4.78 is 78.4. The fraction of sp³-hybridized carbons (Fsp3) is 0.250. The smallest absolute Gasteiger partial charge is 0.261 e. The zero-order valence-corrected chi connectivity index (χ0v) is 25.6. The molecule has 0 aromatic heterocycles. The van der Waals surface area contributed by atoms with Crippen LogP contribution in [-0.2, 0) is 45.5 Å². The molecule has 12 heteroatoms. The Kier molecular flexibility index (Phi) is 6.85. The maximum atomic E-state index is 13.3. The lowest BCUT2D eigenvalue weighted by Crippen LogP contribution is -2.41. The molecule has 4 aromatic rings. The van der Waals surface area contributed by atoms with Gasteiger partial charge >= 0.3 is 0 Å². The number of nitrogens with one attached hydrogen (secondary N) is 2. The lowest BCUT2D eigenvalue weighted by atomic mass is 9.92. The van der Waals surface area contributed by atoms with Crippen LogP contribution >= 0.6 is 0 Å². The summed E-state index contributed by atoms with van der Waals surface area (Å²) in [6.07, 6.45) is -1.76. The molecule has 2 N–H and O–H groups in total. The Morgan fingerprint density at radius 2 is 1.05 bits per heavy atom. The van der Waals surface area contributed by atoms with Gasteiger partial charge in [-0.25, -0.2) is 21.7 Å². The molecule has 0 unspecified atom stereocenters. The van der Waals surface area contributed by atoms with Gasteiger partial charge in [0, 0.05) is 11.1 Å². The van der Waals surface area contributed by atoms with E-state index >= 15 is 0 Å². The van der Waals surface area contributed by atoms with E-state index in [0.29, 0.717) is 22.5 Å². The number of benzene rings is 4. The quantitative estimate of drug-likeness (QED) is 0.284. The largest absolute Gasteiger partial charge is 0.355 e. The summed E-state index contributed by atoms with van der Waals surface area (Å²) in [6.45, 7) is 4.00. The second kappa shape index (κ2) is 10.4. The molecule has 3 aliphatic heterocycles. The molecule has 0 spiro atoms. The molecule has 44 heavy (non-hydrogen) atoms. The van der Waals surface area contributed by atoms with E-state index in [1.807, 2.05) is 43.0 Å². The van der Waals surface area contributed by atoms with Crippen molar-refractivity contribution in [2.45, 2.75) is 53.5 Å². The minimum Gasteiger partial charge on any atom is -0.355 e. The van der Waals surface area contributed by atoms with Crippen LogP contribution in [0.2, 0.25) is 0 Å². The highest BCUT2D eigenvalue weighted by Crippen LogP contribution is 2.57. The van der Waals surface area contributed by atoms with Crippen LogP contribution in [0, 0.1) is 0 Å². The molecule has 7 rings (SSSR count). The van der Waals surface area contributed by atoms with Crippen molar-refractivity contribution in [3.05, 3.63) is 120 Å². The van der Waals surface area contributed by atoms with Gasteiger partial charge in [0.2, 0.25) is 0 Å². The maximum Gasteiger partial charge on any atom is 0.261 e. The molecule has 3 aliphatic rings. The number of nitrogens with zero attached hydrogens (tertiary/aromatic N) is 1. The van der Waals surface area contributed by atoms with Crippen molar-refractivity contribution in [3.8, 4) is 0 Å². The van der Waals surface area contributed by atoms with Crippen LogP contribution in [0.3, 0.4) is 0 Å². The van der Waals surface area contributed by atoms with Gasteiger partial charge in [0.15, 0.2) is 0 Å². The number of hydrogen-bond acceptors (Lipinski definition) is 8. The zero-order valence-electron chi connectivity index (χ0n) is 24.0. The Labute approximate surface area is 256 Å². The Morgan fingerprint density at radius 3 is 1.55 bits per heavy atom. The summed E-state index contributed by atoms with van der Waals surface area (Å²) in [7, 11) is -7.77. The van der Waals surface area contributed by atoms with E-state index in [1.54, 1.807) is 60.7 Å². The number of rotatable bonds is 8. The van der Waals surface area contributed by atoms with E-state index in [-0.39, 0.29) is 16.4 Å². The van der Waals surface area contributed by atoms with Crippen molar-refractivity contribution >= 4 is 31.4 Å². The molecule has 5 atom stereocenters. The van der Waals surface area contributed by atoms with Gasteiger partial charge in [-0.15, -0.1) is 0 Å². The van der Waals surface area contributed by atoms with E-state index in [0.717, 1.165) is 0 Å². The average Bonchev–Trinajstić information content (AvgIpc) is 3.66. The van der Waals surface area contributed by atoms with E-state index in [9.17, 15) is 16.8 Å². The van der Waals surface area contributed by atoms with Crippen molar-refractivity contribution in [1.82, 2.24) is 4.90 Å². The van der Waals surface area contributed by atoms with Gasteiger partial charge in [0.25, 0.3) is 20.0 Å². The molecular weight excluding hydrogens is 603 g/mol. The van der Waals surface area contributed by atoms with E-state index < -0.39 is 49.9 Å². The number of sulfonamides is 2. The highest BCUT2D eigenvalue weighted by molar-refractivity contribution is 7.93. The first-order valence-corrected chi connectivity index (χ1v) is 17.1. The van der Waals surface area contributed by atoms with Crippen LogP contribution in [-0.4, -0.2) is 47.0 Å². The lowest BCUT2D eigenvalue weighted by molar-refractivity contribution is -0.137. The molecular formula is C32H31N3O7S2. The highest BCUT2D eigenvalue weighted by Gasteiger charge is 2.69. The second-order valence-corrected chi connectivity index (χ2v) is 14.7. The van der Waals surface area contributed by atoms with Gasteiger partial charge < -0.3 is 14.2 Å². The predicted octanol–water partition coefficient (Wildman–Crippen LogP) is 4.79. The summed E-state index contributed by atoms with van der Waals surface area (Å²) in [6, 6.07) is 30.5. The predicted molar refractivity (Wildman–Crippen MR) is 163 cm³/mol. The zero-order chi connectivity index (χ0) is 30.7. The Balaban J connectivity index is 1.25. The van der Waals surface area contributed by atoms with E-state index in [1.165, 1.54) is 24.3 Å². The number of ether oxygens (including phenoxy) is 3. The molecule has 0 bridgehead atoms.